The predicted molar refractivity (Wildman–Crippen MR) is 67.1 cm³/mol. The Morgan fingerprint density at radius 2 is 1.88 bits per heavy atom. The van der Waals surface area contributed by atoms with Crippen LogP contribution in [0.1, 0.15) is 11.3 Å². The van der Waals surface area contributed by atoms with Crippen molar-refractivity contribution in [3.63, 3.8) is 0 Å². The molecule has 3 rings (SSSR count). The molecule has 17 heavy (non-hydrogen) atoms. The van der Waals surface area contributed by atoms with Gasteiger partial charge in [0.1, 0.15) is 5.82 Å². The smallest absolute Gasteiger partial charge is 0.161 e. The first-order chi connectivity index (χ1) is 8.24. The molecule has 4 nitrogen and oxygen atoms in total. The minimum absolute atomic E-state index is 0.609. The van der Waals surface area contributed by atoms with Crippen LogP contribution in [0.15, 0.2) is 30.3 Å². The summed E-state index contributed by atoms with van der Waals surface area (Å²) in [6.45, 7) is 1.69. The molecular formula is C13H14N4. The van der Waals surface area contributed by atoms with E-state index in [1.807, 2.05) is 30.3 Å². The topological polar surface area (TPSA) is 55.0 Å². The molecule has 0 spiro atoms. The van der Waals surface area contributed by atoms with Crippen LogP contribution in [0.4, 0.5) is 5.82 Å². The van der Waals surface area contributed by atoms with Crippen molar-refractivity contribution in [2.75, 3.05) is 12.8 Å². The van der Waals surface area contributed by atoms with Gasteiger partial charge in [0.05, 0.1) is 5.69 Å². The fourth-order valence-corrected chi connectivity index (χ4v) is 2.15. The minimum Gasteiger partial charge on any atom is -0.383 e. The monoisotopic (exact) mass is 226 g/mol. The van der Waals surface area contributed by atoms with Gasteiger partial charge in [0, 0.05) is 24.2 Å². The summed E-state index contributed by atoms with van der Waals surface area (Å²) < 4.78 is 0. The molecule has 1 aromatic carbocycles. The minimum atomic E-state index is 0.609. The summed E-state index contributed by atoms with van der Waals surface area (Å²) >= 11 is 0. The SMILES string of the molecule is CN1Cc2nc(-c3ccccc3)nc(N)c2C1. The maximum absolute atomic E-state index is 5.99. The van der Waals surface area contributed by atoms with Crippen molar-refractivity contribution in [3.05, 3.63) is 41.6 Å². The van der Waals surface area contributed by atoms with Crippen molar-refractivity contribution >= 4 is 5.82 Å². The van der Waals surface area contributed by atoms with Crippen molar-refractivity contribution in [1.29, 1.82) is 0 Å². The highest BCUT2D eigenvalue weighted by Crippen LogP contribution is 2.26. The zero-order chi connectivity index (χ0) is 11.8. The largest absolute Gasteiger partial charge is 0.383 e. The molecule has 1 aliphatic heterocycles. The van der Waals surface area contributed by atoms with Gasteiger partial charge in [-0.2, -0.15) is 0 Å². The second-order valence-electron chi connectivity index (χ2n) is 4.40. The third-order valence-electron chi connectivity index (χ3n) is 3.00. The van der Waals surface area contributed by atoms with Gasteiger partial charge in [0.25, 0.3) is 0 Å². The van der Waals surface area contributed by atoms with E-state index in [0.717, 1.165) is 35.7 Å². The number of anilines is 1. The summed E-state index contributed by atoms with van der Waals surface area (Å²) in [4.78, 5) is 11.2. The van der Waals surface area contributed by atoms with Crippen LogP contribution in [0.5, 0.6) is 0 Å². The lowest BCUT2D eigenvalue weighted by atomic mass is 10.2. The molecule has 0 unspecified atom stereocenters. The van der Waals surface area contributed by atoms with Gasteiger partial charge in [-0.05, 0) is 7.05 Å². The maximum Gasteiger partial charge on any atom is 0.161 e. The van der Waals surface area contributed by atoms with E-state index in [0.29, 0.717) is 5.82 Å². The van der Waals surface area contributed by atoms with Crippen molar-refractivity contribution in [1.82, 2.24) is 14.9 Å². The van der Waals surface area contributed by atoms with E-state index >= 15 is 0 Å². The second kappa shape index (κ2) is 3.82. The van der Waals surface area contributed by atoms with E-state index in [1.54, 1.807) is 0 Å². The normalized spacial score (nSPS) is 14.9. The summed E-state index contributed by atoms with van der Waals surface area (Å²) in [7, 11) is 2.06. The zero-order valence-electron chi connectivity index (χ0n) is 9.72. The van der Waals surface area contributed by atoms with Crippen LogP contribution in [0.2, 0.25) is 0 Å². The fraction of sp³-hybridized carbons (Fsp3) is 0.231. The summed E-state index contributed by atoms with van der Waals surface area (Å²) in [5, 5.41) is 0. The van der Waals surface area contributed by atoms with E-state index in [9.17, 15) is 0 Å². The second-order valence-corrected chi connectivity index (χ2v) is 4.40. The molecule has 0 radical (unpaired) electrons. The van der Waals surface area contributed by atoms with E-state index in [4.69, 9.17) is 5.73 Å². The Morgan fingerprint density at radius 3 is 2.65 bits per heavy atom. The molecule has 4 heteroatoms. The average Bonchev–Trinajstić information content (AvgIpc) is 2.71. The molecule has 86 valence electrons. The summed E-state index contributed by atoms with van der Waals surface area (Å²) in [5.74, 6) is 1.33. The number of aromatic nitrogens is 2. The Balaban J connectivity index is 2.10. The van der Waals surface area contributed by atoms with Crippen LogP contribution in [-0.4, -0.2) is 21.9 Å². The van der Waals surface area contributed by atoms with E-state index < -0.39 is 0 Å². The zero-order valence-corrected chi connectivity index (χ0v) is 9.72. The molecule has 2 aromatic rings. The number of hydrogen-bond donors (Lipinski definition) is 1. The molecule has 0 bridgehead atoms. The van der Waals surface area contributed by atoms with Gasteiger partial charge < -0.3 is 5.73 Å². The first-order valence-electron chi connectivity index (χ1n) is 5.63. The molecule has 0 saturated heterocycles. The van der Waals surface area contributed by atoms with Gasteiger partial charge in [-0.3, -0.25) is 4.90 Å². The number of benzene rings is 1. The van der Waals surface area contributed by atoms with Crippen molar-refractivity contribution in [2.45, 2.75) is 13.1 Å². The number of rotatable bonds is 1. The summed E-state index contributed by atoms with van der Waals surface area (Å²) in [6.07, 6.45) is 0. The third kappa shape index (κ3) is 1.76. The lowest BCUT2D eigenvalue weighted by Gasteiger charge is -2.05. The van der Waals surface area contributed by atoms with Crippen molar-refractivity contribution < 1.29 is 0 Å². The highest BCUT2D eigenvalue weighted by atomic mass is 15.1. The summed E-state index contributed by atoms with van der Waals surface area (Å²) in [5.41, 5.74) is 9.14. The number of nitrogens with two attached hydrogens (primary N) is 1. The number of fused-ring (bicyclic) bond motifs is 1. The molecule has 0 atom stereocenters. The van der Waals surface area contributed by atoms with Crippen LogP contribution in [0.25, 0.3) is 11.4 Å². The van der Waals surface area contributed by atoms with Gasteiger partial charge in [0.2, 0.25) is 0 Å². The Morgan fingerprint density at radius 1 is 1.12 bits per heavy atom. The summed E-state index contributed by atoms with van der Waals surface area (Å²) in [6, 6.07) is 9.94. The predicted octanol–water partition coefficient (Wildman–Crippen LogP) is 1.67. The molecule has 1 aliphatic rings. The van der Waals surface area contributed by atoms with Gasteiger partial charge in [0.15, 0.2) is 5.82 Å². The fourth-order valence-electron chi connectivity index (χ4n) is 2.15. The quantitative estimate of drug-likeness (QED) is 0.803. The Bertz CT molecular complexity index is 551. The van der Waals surface area contributed by atoms with Crippen molar-refractivity contribution in [3.8, 4) is 11.4 Å². The van der Waals surface area contributed by atoms with Gasteiger partial charge in [-0.1, -0.05) is 30.3 Å². The molecule has 0 aliphatic carbocycles. The lowest BCUT2D eigenvalue weighted by Crippen LogP contribution is -2.08. The molecule has 1 aromatic heterocycles. The number of nitrogen functional groups attached to an aromatic ring is 1. The third-order valence-corrected chi connectivity index (χ3v) is 3.00. The highest BCUT2D eigenvalue weighted by Gasteiger charge is 2.21. The average molecular weight is 226 g/mol. The Kier molecular flexibility index (Phi) is 2.30. The van der Waals surface area contributed by atoms with Crippen LogP contribution < -0.4 is 5.73 Å². The Labute approximate surface area is 100 Å². The van der Waals surface area contributed by atoms with Gasteiger partial charge >= 0.3 is 0 Å². The molecule has 0 saturated carbocycles. The maximum atomic E-state index is 5.99. The first-order valence-corrected chi connectivity index (χ1v) is 5.63. The van der Waals surface area contributed by atoms with Gasteiger partial charge in [-0.15, -0.1) is 0 Å². The van der Waals surface area contributed by atoms with Crippen LogP contribution in [0, 0.1) is 0 Å². The van der Waals surface area contributed by atoms with Crippen molar-refractivity contribution in [2.24, 2.45) is 0 Å². The van der Waals surface area contributed by atoms with Crippen LogP contribution >= 0.6 is 0 Å². The molecule has 0 fully saturated rings. The Hall–Kier alpha value is -1.94. The van der Waals surface area contributed by atoms with E-state index in [-0.39, 0.29) is 0 Å². The molecule has 2 N–H and O–H groups in total. The van der Waals surface area contributed by atoms with Crippen LogP contribution in [0.3, 0.4) is 0 Å². The molecular weight excluding hydrogens is 212 g/mol. The molecule has 2 heterocycles. The van der Waals surface area contributed by atoms with Crippen LogP contribution in [-0.2, 0) is 13.1 Å². The first kappa shape index (κ1) is 10.2. The highest BCUT2D eigenvalue weighted by molar-refractivity contribution is 5.59. The van der Waals surface area contributed by atoms with Gasteiger partial charge in [-0.25, -0.2) is 9.97 Å². The lowest BCUT2D eigenvalue weighted by molar-refractivity contribution is 0.351. The van der Waals surface area contributed by atoms with E-state index in [2.05, 4.69) is 21.9 Å². The standard InChI is InChI=1S/C13H14N4/c1-17-7-10-11(8-17)15-13(16-12(10)14)9-5-3-2-4-6-9/h2-6H,7-8H2,1H3,(H2,14,15,16). The number of nitrogens with zero attached hydrogens (tertiary/aromatic N) is 3. The molecule has 0 amide bonds. The van der Waals surface area contributed by atoms with E-state index in [1.165, 1.54) is 0 Å². The number of hydrogen-bond acceptors (Lipinski definition) is 4.